The summed E-state index contributed by atoms with van der Waals surface area (Å²) >= 11 is 6.21. The molecule has 0 fully saturated rings. The maximum absolute atomic E-state index is 5.23. The monoisotopic (exact) mass is 212 g/mol. The fourth-order valence-corrected chi connectivity index (χ4v) is 1.20. The zero-order chi connectivity index (χ0) is 6.41. The van der Waals surface area contributed by atoms with Crippen molar-refractivity contribution in [2.75, 3.05) is 5.75 Å². The topological polar surface area (TPSA) is 26.0 Å². The van der Waals surface area contributed by atoms with Crippen LogP contribution in [0, 0.1) is 0 Å². The minimum absolute atomic E-state index is 0. The Balaban J connectivity index is 0. The van der Waals surface area contributed by atoms with E-state index in [4.69, 9.17) is 5.73 Å². The summed E-state index contributed by atoms with van der Waals surface area (Å²) in [6.07, 6.45) is 2.43. The van der Waals surface area contributed by atoms with Crippen LogP contribution < -0.4 is 5.73 Å². The van der Waals surface area contributed by atoms with Gasteiger partial charge in [0.2, 0.25) is 0 Å². The summed E-state index contributed by atoms with van der Waals surface area (Å²) < 4.78 is 0.568. The molecule has 0 rings (SSSR count). The molecule has 0 atom stereocenters. The average molecular weight is 213 g/mol. The van der Waals surface area contributed by atoms with E-state index in [2.05, 4.69) is 19.1 Å². The van der Waals surface area contributed by atoms with Crippen LogP contribution in [0.1, 0.15) is 19.8 Å². The van der Waals surface area contributed by atoms with E-state index >= 15 is 0 Å². The Hall–Kier alpha value is 0.759. The van der Waals surface area contributed by atoms with Crippen LogP contribution in [0.3, 0.4) is 0 Å². The Morgan fingerprint density at radius 2 is 2.22 bits per heavy atom. The zero-order valence-electron chi connectivity index (χ0n) is 5.32. The fourth-order valence-electron chi connectivity index (χ4n) is 0.317. The van der Waals surface area contributed by atoms with Gasteiger partial charge in [-0.2, -0.15) is 0 Å². The van der Waals surface area contributed by atoms with Gasteiger partial charge >= 0.3 is 0 Å². The number of nitrogens with two attached hydrogens (primary N) is 1. The number of thioether (sulfide) groups is 1. The number of hydrogen-bond acceptors (Lipinski definition) is 2. The van der Waals surface area contributed by atoms with Crippen LogP contribution in [-0.4, -0.2) is 10.1 Å². The third kappa shape index (κ3) is 12.1. The third-order valence-corrected chi connectivity index (χ3v) is 1.87. The fraction of sp³-hybridized carbons (Fsp3) is 0.800. The first kappa shape index (κ1) is 12.4. The minimum atomic E-state index is 0. The normalized spacial score (nSPS) is 8.11. The van der Waals surface area contributed by atoms with Crippen LogP contribution in [-0.2, 0) is 17.1 Å². The molecule has 1 radical (unpaired) electrons. The SMILES string of the molecule is CCCCSC(N)=S.[Cu]. The number of hydrogen-bond donors (Lipinski definition) is 1. The summed E-state index contributed by atoms with van der Waals surface area (Å²) in [6.45, 7) is 2.15. The van der Waals surface area contributed by atoms with E-state index in [1.54, 1.807) is 11.8 Å². The molecular formula is C5H11CuNS2. The standard InChI is InChI=1S/C5H11NS2.Cu/c1-2-3-4-8-5(6)7;/h2-4H2,1H3,(H2,6,7);. The largest absolute Gasteiger partial charge is 0.385 e. The van der Waals surface area contributed by atoms with Crippen LogP contribution in [0.25, 0.3) is 0 Å². The molecule has 0 bridgehead atoms. The predicted molar refractivity (Wildman–Crippen MR) is 44.2 cm³/mol. The third-order valence-electron chi connectivity index (χ3n) is 0.742. The molecule has 0 saturated carbocycles. The summed E-state index contributed by atoms with van der Waals surface area (Å²) in [7, 11) is 0. The Labute approximate surface area is 76.6 Å². The second-order valence-electron chi connectivity index (χ2n) is 1.52. The van der Waals surface area contributed by atoms with Crippen LogP contribution in [0.15, 0.2) is 0 Å². The first-order valence-electron chi connectivity index (χ1n) is 2.69. The van der Waals surface area contributed by atoms with Gasteiger partial charge in [0.25, 0.3) is 0 Å². The molecule has 4 heteroatoms. The van der Waals surface area contributed by atoms with E-state index < -0.39 is 0 Å². The van der Waals surface area contributed by atoms with Gasteiger partial charge in [0.1, 0.15) is 4.32 Å². The van der Waals surface area contributed by atoms with Gasteiger partial charge in [-0.3, -0.25) is 0 Å². The van der Waals surface area contributed by atoms with E-state index in [1.165, 1.54) is 12.8 Å². The number of rotatable bonds is 3. The molecule has 0 aliphatic carbocycles. The summed E-state index contributed by atoms with van der Waals surface area (Å²) in [4.78, 5) is 0. The van der Waals surface area contributed by atoms with Gasteiger partial charge in [-0.15, -0.1) is 0 Å². The molecule has 1 nitrogen and oxygen atoms in total. The molecule has 0 saturated heterocycles. The van der Waals surface area contributed by atoms with Crippen molar-refractivity contribution in [1.82, 2.24) is 0 Å². The number of thiocarbonyl (C=S) groups is 1. The maximum Gasteiger partial charge on any atom is 0.131 e. The second kappa shape index (κ2) is 8.76. The molecule has 0 amide bonds. The quantitative estimate of drug-likeness (QED) is 0.439. The smallest absolute Gasteiger partial charge is 0.131 e. The van der Waals surface area contributed by atoms with Crippen molar-refractivity contribution in [2.45, 2.75) is 19.8 Å². The molecule has 59 valence electrons. The van der Waals surface area contributed by atoms with Crippen LogP contribution in [0.5, 0.6) is 0 Å². The molecule has 9 heavy (non-hydrogen) atoms. The maximum atomic E-state index is 5.23. The van der Waals surface area contributed by atoms with Gasteiger partial charge in [0.05, 0.1) is 0 Å². The molecule has 0 aromatic carbocycles. The summed E-state index contributed by atoms with van der Waals surface area (Å²) in [5.74, 6) is 1.08. The molecule has 0 unspecified atom stereocenters. The van der Waals surface area contributed by atoms with Gasteiger partial charge < -0.3 is 5.73 Å². The van der Waals surface area contributed by atoms with Crippen molar-refractivity contribution >= 4 is 28.3 Å². The van der Waals surface area contributed by atoms with Crippen molar-refractivity contribution in [3.05, 3.63) is 0 Å². The molecular weight excluding hydrogens is 202 g/mol. The minimum Gasteiger partial charge on any atom is -0.385 e. The predicted octanol–water partition coefficient (Wildman–Crippen LogP) is 1.76. The zero-order valence-corrected chi connectivity index (χ0v) is 7.89. The van der Waals surface area contributed by atoms with Crippen LogP contribution in [0.4, 0.5) is 0 Å². The number of unbranched alkanes of at least 4 members (excludes halogenated alkanes) is 1. The average Bonchev–Trinajstić information content (AvgIpc) is 1.66. The molecule has 0 aliphatic rings. The summed E-state index contributed by atoms with van der Waals surface area (Å²) in [6, 6.07) is 0. The molecule has 0 aromatic heterocycles. The van der Waals surface area contributed by atoms with E-state index in [0.29, 0.717) is 4.32 Å². The molecule has 0 spiro atoms. The first-order chi connectivity index (χ1) is 3.77. The van der Waals surface area contributed by atoms with Gasteiger partial charge in [0, 0.05) is 22.8 Å². The Bertz CT molecular complexity index is 77.4. The van der Waals surface area contributed by atoms with Gasteiger partial charge in [0.15, 0.2) is 0 Å². The molecule has 0 aromatic rings. The molecule has 2 N–H and O–H groups in total. The van der Waals surface area contributed by atoms with Crippen molar-refractivity contribution in [2.24, 2.45) is 5.73 Å². The van der Waals surface area contributed by atoms with E-state index in [9.17, 15) is 0 Å². The first-order valence-corrected chi connectivity index (χ1v) is 4.09. The van der Waals surface area contributed by atoms with Gasteiger partial charge in [-0.05, 0) is 6.42 Å². The van der Waals surface area contributed by atoms with Crippen molar-refractivity contribution in [3.63, 3.8) is 0 Å². The second-order valence-corrected chi connectivity index (χ2v) is 3.36. The van der Waals surface area contributed by atoms with Gasteiger partial charge in [-0.25, -0.2) is 0 Å². The summed E-state index contributed by atoms with van der Waals surface area (Å²) in [5, 5.41) is 0. The van der Waals surface area contributed by atoms with E-state index in [1.807, 2.05) is 0 Å². The van der Waals surface area contributed by atoms with Crippen molar-refractivity contribution in [1.29, 1.82) is 0 Å². The van der Waals surface area contributed by atoms with E-state index in [0.717, 1.165) is 5.75 Å². The van der Waals surface area contributed by atoms with Crippen LogP contribution in [0.2, 0.25) is 0 Å². The van der Waals surface area contributed by atoms with Crippen molar-refractivity contribution < 1.29 is 17.1 Å². The van der Waals surface area contributed by atoms with E-state index in [-0.39, 0.29) is 17.1 Å². The molecule has 0 heterocycles. The van der Waals surface area contributed by atoms with Gasteiger partial charge in [-0.1, -0.05) is 37.3 Å². The Kier molecular flexibility index (Phi) is 12.1. The summed E-state index contributed by atoms with van der Waals surface area (Å²) in [5.41, 5.74) is 5.23. The Morgan fingerprint density at radius 3 is 2.56 bits per heavy atom. The van der Waals surface area contributed by atoms with Crippen molar-refractivity contribution in [3.8, 4) is 0 Å². The molecule has 0 aliphatic heterocycles. The van der Waals surface area contributed by atoms with Crippen LogP contribution >= 0.6 is 24.0 Å². The Morgan fingerprint density at radius 1 is 1.67 bits per heavy atom.